The van der Waals surface area contributed by atoms with Crippen molar-refractivity contribution < 1.29 is 32.6 Å². The SMILES string of the molecule is CC(=O)OCCC[Si-]12(Oc3ccccc3O1)Oc1ccccc1O2.CC(C)[NH2+]C(C)C. The first-order valence-corrected chi connectivity index (χ1v) is 13.2. The molecule has 2 aromatic rings. The average molecular weight is 448 g/mol. The molecule has 170 valence electrons. The molecule has 31 heavy (non-hydrogen) atoms. The monoisotopic (exact) mass is 447 g/mol. The second-order valence-corrected chi connectivity index (χ2v) is 12.0. The van der Waals surface area contributed by atoms with Gasteiger partial charge in [-0.15, -0.1) is 0 Å². The van der Waals surface area contributed by atoms with E-state index in [9.17, 15) is 4.79 Å². The van der Waals surface area contributed by atoms with Crippen molar-refractivity contribution in [2.24, 2.45) is 0 Å². The zero-order chi connectivity index (χ0) is 22.5. The molecule has 0 bridgehead atoms. The number of carbonyl (C=O) groups is 1. The molecule has 0 fully saturated rings. The van der Waals surface area contributed by atoms with Crippen molar-refractivity contribution in [3.8, 4) is 23.0 Å². The van der Waals surface area contributed by atoms with Crippen molar-refractivity contribution in [3.05, 3.63) is 48.5 Å². The van der Waals surface area contributed by atoms with E-state index in [2.05, 4.69) is 33.0 Å². The van der Waals surface area contributed by atoms with Crippen LogP contribution in [0.5, 0.6) is 23.0 Å². The zero-order valence-electron chi connectivity index (χ0n) is 18.9. The molecule has 0 radical (unpaired) electrons. The summed E-state index contributed by atoms with van der Waals surface area (Å²) in [5.74, 6) is 2.09. The second kappa shape index (κ2) is 9.19. The summed E-state index contributed by atoms with van der Waals surface area (Å²) < 4.78 is 29.7. The van der Waals surface area contributed by atoms with Crippen LogP contribution in [0.4, 0.5) is 0 Å². The van der Waals surface area contributed by atoms with Crippen molar-refractivity contribution in [3.63, 3.8) is 0 Å². The summed E-state index contributed by atoms with van der Waals surface area (Å²) in [4.78, 5) is 11.0. The molecular formula is C23H33NO6Si. The van der Waals surface area contributed by atoms with Crippen LogP contribution in [0.1, 0.15) is 41.0 Å². The van der Waals surface area contributed by atoms with Crippen LogP contribution in [0.25, 0.3) is 0 Å². The van der Waals surface area contributed by atoms with Gasteiger partial charge in [-0.25, -0.2) is 0 Å². The number of hydrogen-bond donors (Lipinski definition) is 1. The summed E-state index contributed by atoms with van der Waals surface area (Å²) >= 11 is 0. The van der Waals surface area contributed by atoms with Crippen LogP contribution in [0, 0.1) is 0 Å². The molecule has 2 heterocycles. The van der Waals surface area contributed by atoms with Gasteiger partial charge in [0.25, 0.3) is 0 Å². The first kappa shape index (κ1) is 23.0. The van der Waals surface area contributed by atoms with Crippen molar-refractivity contribution in [2.45, 2.75) is 59.2 Å². The van der Waals surface area contributed by atoms with Crippen molar-refractivity contribution in [2.75, 3.05) is 6.61 Å². The Hall–Kier alpha value is -2.71. The Morgan fingerprint density at radius 3 is 1.52 bits per heavy atom. The summed E-state index contributed by atoms with van der Waals surface area (Å²) in [5, 5.41) is 2.33. The molecule has 2 aliphatic heterocycles. The maximum atomic E-state index is 11.0. The first-order valence-electron chi connectivity index (χ1n) is 10.8. The molecule has 0 unspecified atom stereocenters. The van der Waals surface area contributed by atoms with E-state index in [0.717, 1.165) is 12.1 Å². The molecule has 0 atom stereocenters. The van der Waals surface area contributed by atoms with Gasteiger partial charge in [-0.3, -0.25) is 0 Å². The van der Waals surface area contributed by atoms with Crippen molar-refractivity contribution in [1.82, 2.24) is 0 Å². The molecule has 2 N–H and O–H groups in total. The van der Waals surface area contributed by atoms with E-state index in [-0.39, 0.29) is 12.6 Å². The molecule has 0 aromatic heterocycles. The molecule has 2 aliphatic rings. The number of fused-ring (bicyclic) bond motifs is 2. The van der Waals surface area contributed by atoms with E-state index < -0.39 is 8.33 Å². The fraction of sp³-hybridized carbons (Fsp3) is 0.435. The number of benzene rings is 2. The normalized spacial score (nSPS) is 17.6. The maximum absolute atomic E-state index is 11.0. The molecule has 7 nitrogen and oxygen atoms in total. The molecule has 8 heteroatoms. The first-order chi connectivity index (χ1) is 14.7. The fourth-order valence-electron chi connectivity index (χ4n) is 3.76. The number of para-hydroxylation sites is 4. The van der Waals surface area contributed by atoms with Gasteiger partial charge < -0.3 is 5.32 Å². The molecule has 0 aliphatic carbocycles. The van der Waals surface area contributed by atoms with E-state index in [1.807, 2.05) is 48.5 Å². The minimum absolute atomic E-state index is 0.255. The molecule has 0 saturated heterocycles. The Morgan fingerprint density at radius 1 is 0.839 bits per heavy atom. The van der Waals surface area contributed by atoms with Gasteiger partial charge >= 0.3 is 139 Å². The number of carbonyl (C=O) groups excluding carboxylic acids is 1. The largest absolute Gasteiger partial charge is 0.342 e. The number of ether oxygens (including phenoxy) is 1. The second-order valence-electron chi connectivity index (χ2n) is 8.50. The molecule has 4 rings (SSSR count). The van der Waals surface area contributed by atoms with Crippen LogP contribution < -0.4 is 23.0 Å². The van der Waals surface area contributed by atoms with E-state index in [4.69, 9.17) is 22.4 Å². The number of rotatable bonds is 6. The van der Waals surface area contributed by atoms with Crippen LogP contribution >= 0.6 is 0 Å². The topological polar surface area (TPSA) is 79.8 Å². The quantitative estimate of drug-likeness (QED) is 0.414. The summed E-state index contributed by atoms with van der Waals surface area (Å²) in [6.45, 7) is 10.5. The summed E-state index contributed by atoms with van der Waals surface area (Å²) in [6.07, 6.45) is 0.509. The van der Waals surface area contributed by atoms with Crippen LogP contribution in [-0.2, 0) is 9.53 Å². The van der Waals surface area contributed by atoms with Crippen molar-refractivity contribution in [1.29, 1.82) is 0 Å². The molecule has 2 aromatic carbocycles. The van der Waals surface area contributed by atoms with Gasteiger partial charge in [0, 0.05) is 0 Å². The average Bonchev–Trinajstić information content (AvgIpc) is 3.18. The minimum Gasteiger partial charge on any atom is -0.342 e. The number of hydrogen-bond acceptors (Lipinski definition) is 6. The Balaban J connectivity index is 0.000000339. The summed E-state index contributed by atoms with van der Waals surface area (Å²) in [6, 6.07) is 16.6. The Labute approximate surface area is 184 Å². The van der Waals surface area contributed by atoms with Gasteiger partial charge in [0.05, 0.1) is 12.1 Å². The van der Waals surface area contributed by atoms with Gasteiger partial charge in [-0.05, 0) is 27.7 Å². The van der Waals surface area contributed by atoms with Gasteiger partial charge in [0.1, 0.15) is 0 Å². The number of nitrogens with two attached hydrogens (primary N) is 1. The summed E-state index contributed by atoms with van der Waals surface area (Å²) in [5.41, 5.74) is 0. The van der Waals surface area contributed by atoms with E-state index in [1.54, 1.807) is 0 Å². The van der Waals surface area contributed by atoms with Gasteiger partial charge in [-0.1, -0.05) is 0 Å². The third-order valence-corrected chi connectivity index (χ3v) is 8.36. The van der Waals surface area contributed by atoms with Gasteiger partial charge in [0.2, 0.25) is 0 Å². The van der Waals surface area contributed by atoms with Crippen LogP contribution in [0.15, 0.2) is 48.5 Å². The van der Waals surface area contributed by atoms with Crippen LogP contribution in [-0.4, -0.2) is 33.0 Å². The maximum Gasteiger partial charge on any atom is 0.0803 e. The predicted octanol–water partition coefficient (Wildman–Crippen LogP) is 3.64. The van der Waals surface area contributed by atoms with E-state index >= 15 is 0 Å². The Bertz CT molecular complexity index is 797. The molecule has 1 spiro atoms. The zero-order valence-corrected chi connectivity index (χ0v) is 19.9. The van der Waals surface area contributed by atoms with Gasteiger partial charge in [0.15, 0.2) is 0 Å². The number of quaternary nitrogens is 1. The van der Waals surface area contributed by atoms with Gasteiger partial charge in [-0.2, -0.15) is 0 Å². The third kappa shape index (κ3) is 5.51. The van der Waals surface area contributed by atoms with E-state index in [0.29, 0.717) is 35.5 Å². The molecule has 0 amide bonds. The predicted molar refractivity (Wildman–Crippen MR) is 119 cm³/mol. The fourth-order valence-corrected chi connectivity index (χ4v) is 7.52. The van der Waals surface area contributed by atoms with Crippen LogP contribution in [0.3, 0.4) is 0 Å². The number of esters is 1. The Morgan fingerprint density at radius 2 is 1.23 bits per heavy atom. The molecule has 0 saturated carbocycles. The Kier molecular flexibility index (Phi) is 6.81. The standard InChI is InChI=1S/C17H17O6Si.C6H15N/c1-13(18)19-11-6-12-24(20-14-7-2-3-8-15(14)21-24)22-16-9-4-5-10-17(16)23-24;1-5(2)7-6(3)4/h2-5,7-10H,6,11-12H2,1H3;5-7H,1-4H3/q-1;/p+1. The van der Waals surface area contributed by atoms with Crippen molar-refractivity contribution >= 4 is 14.3 Å². The van der Waals surface area contributed by atoms with Crippen LogP contribution in [0.2, 0.25) is 6.04 Å². The smallest absolute Gasteiger partial charge is 0.0803 e. The third-order valence-electron chi connectivity index (χ3n) is 4.73. The molecular weight excluding hydrogens is 414 g/mol. The summed E-state index contributed by atoms with van der Waals surface area (Å²) in [7, 11) is -4.18. The minimum atomic E-state index is -4.18. The van der Waals surface area contributed by atoms with E-state index in [1.165, 1.54) is 6.92 Å².